The molecular formula is C19H36N4O. The van der Waals surface area contributed by atoms with Crippen molar-refractivity contribution in [3.05, 3.63) is 0 Å². The van der Waals surface area contributed by atoms with Crippen LogP contribution in [0.5, 0.6) is 0 Å². The number of likely N-dealkylation sites (tertiary alicyclic amines) is 1. The Morgan fingerprint density at radius 3 is 2.29 bits per heavy atom. The fraction of sp³-hybridized carbons (Fsp3) is 0.947. The van der Waals surface area contributed by atoms with Crippen LogP contribution in [0.3, 0.4) is 0 Å². The highest BCUT2D eigenvalue weighted by Gasteiger charge is 2.51. The third-order valence-electron chi connectivity index (χ3n) is 6.29. The zero-order valence-corrected chi connectivity index (χ0v) is 15.9. The molecule has 1 aliphatic carbocycles. The molecule has 1 N–H and O–H groups in total. The van der Waals surface area contributed by atoms with Gasteiger partial charge in [-0.2, -0.15) is 0 Å². The molecule has 3 fully saturated rings. The van der Waals surface area contributed by atoms with Crippen LogP contribution in [0.15, 0.2) is 0 Å². The first-order chi connectivity index (χ1) is 11.5. The van der Waals surface area contributed by atoms with Crippen molar-refractivity contribution in [2.75, 3.05) is 58.9 Å². The molecule has 1 amide bonds. The minimum absolute atomic E-state index is 0.111. The lowest BCUT2D eigenvalue weighted by Gasteiger charge is -2.59. The summed E-state index contributed by atoms with van der Waals surface area (Å²) in [7, 11) is 0. The largest absolute Gasteiger partial charge is 0.356 e. The Bertz CT molecular complexity index is 417. The van der Waals surface area contributed by atoms with Gasteiger partial charge in [-0.15, -0.1) is 0 Å². The predicted molar refractivity (Wildman–Crippen MR) is 98.0 cm³/mol. The fourth-order valence-electron chi connectivity index (χ4n) is 4.94. The number of rotatable bonds is 7. The van der Waals surface area contributed by atoms with Gasteiger partial charge in [0.2, 0.25) is 5.91 Å². The van der Waals surface area contributed by atoms with Gasteiger partial charge in [-0.3, -0.25) is 9.69 Å². The topological polar surface area (TPSA) is 38.8 Å². The van der Waals surface area contributed by atoms with E-state index in [2.05, 4.69) is 33.9 Å². The molecule has 1 saturated carbocycles. The Labute approximate surface area is 147 Å². The van der Waals surface area contributed by atoms with Crippen LogP contribution in [0.25, 0.3) is 0 Å². The van der Waals surface area contributed by atoms with E-state index in [-0.39, 0.29) is 5.91 Å². The van der Waals surface area contributed by atoms with E-state index in [1.807, 2.05) is 0 Å². The number of carbonyl (C=O) groups is 1. The number of hydrogen-bond acceptors (Lipinski definition) is 4. The molecule has 3 rings (SSSR count). The van der Waals surface area contributed by atoms with Crippen LogP contribution in [0, 0.1) is 11.3 Å². The van der Waals surface area contributed by atoms with Crippen molar-refractivity contribution >= 4 is 5.91 Å². The van der Waals surface area contributed by atoms with Crippen LogP contribution >= 0.6 is 0 Å². The maximum Gasteiger partial charge on any atom is 0.216 e. The number of piperazine rings is 1. The number of carbonyl (C=O) groups excluding carboxylic acids is 1. The van der Waals surface area contributed by atoms with Crippen LogP contribution in [-0.4, -0.2) is 85.6 Å². The van der Waals surface area contributed by atoms with Crippen LogP contribution in [-0.2, 0) is 4.79 Å². The van der Waals surface area contributed by atoms with Gasteiger partial charge in [-0.25, -0.2) is 0 Å². The van der Waals surface area contributed by atoms with Crippen molar-refractivity contribution in [2.45, 2.75) is 46.1 Å². The Kier molecular flexibility index (Phi) is 5.83. The second-order valence-corrected chi connectivity index (χ2v) is 8.75. The van der Waals surface area contributed by atoms with E-state index in [1.165, 1.54) is 71.6 Å². The SMILES string of the molecule is CC(=O)NCC1CC2(C1)CN(CCCN1CCN(C(C)C)CC1)C2. The van der Waals surface area contributed by atoms with E-state index in [0.717, 1.165) is 12.5 Å². The Morgan fingerprint density at radius 2 is 1.71 bits per heavy atom. The molecule has 0 aromatic carbocycles. The van der Waals surface area contributed by atoms with Gasteiger partial charge in [0, 0.05) is 58.8 Å². The molecule has 2 aliphatic heterocycles. The summed E-state index contributed by atoms with van der Waals surface area (Å²) < 4.78 is 0. The maximum atomic E-state index is 11.0. The zero-order chi connectivity index (χ0) is 17.2. The molecule has 0 radical (unpaired) electrons. The van der Waals surface area contributed by atoms with Crippen molar-refractivity contribution in [2.24, 2.45) is 11.3 Å². The molecule has 0 atom stereocenters. The summed E-state index contributed by atoms with van der Waals surface area (Å²) in [4.78, 5) is 18.8. The summed E-state index contributed by atoms with van der Waals surface area (Å²) in [6.45, 7) is 17.2. The lowest BCUT2D eigenvalue weighted by atomic mass is 9.57. The number of amides is 1. The van der Waals surface area contributed by atoms with Crippen molar-refractivity contribution in [3.8, 4) is 0 Å². The maximum absolute atomic E-state index is 11.0. The van der Waals surface area contributed by atoms with E-state index in [0.29, 0.717) is 11.5 Å². The average Bonchev–Trinajstić information content (AvgIpc) is 2.46. The minimum Gasteiger partial charge on any atom is -0.356 e. The fourth-order valence-corrected chi connectivity index (χ4v) is 4.94. The molecular weight excluding hydrogens is 300 g/mol. The zero-order valence-electron chi connectivity index (χ0n) is 15.9. The van der Waals surface area contributed by atoms with Crippen molar-refractivity contribution < 1.29 is 4.79 Å². The van der Waals surface area contributed by atoms with Gasteiger partial charge >= 0.3 is 0 Å². The first-order valence-electron chi connectivity index (χ1n) is 9.89. The van der Waals surface area contributed by atoms with E-state index in [4.69, 9.17) is 0 Å². The minimum atomic E-state index is 0.111. The van der Waals surface area contributed by atoms with Crippen LogP contribution in [0.2, 0.25) is 0 Å². The third-order valence-corrected chi connectivity index (χ3v) is 6.29. The van der Waals surface area contributed by atoms with Gasteiger partial charge < -0.3 is 15.1 Å². The lowest BCUT2D eigenvalue weighted by molar-refractivity contribution is -0.121. The molecule has 0 bridgehead atoms. The average molecular weight is 337 g/mol. The number of nitrogens with one attached hydrogen (secondary N) is 1. The second-order valence-electron chi connectivity index (χ2n) is 8.75. The summed E-state index contributed by atoms with van der Waals surface area (Å²) in [5, 5.41) is 2.96. The van der Waals surface area contributed by atoms with Crippen LogP contribution in [0.1, 0.15) is 40.0 Å². The molecule has 3 aliphatic rings. The standard InChI is InChI=1S/C19H36N4O/c1-16(2)23-9-7-21(8-10-23)5-4-6-22-14-19(15-22)11-18(12-19)13-20-17(3)24/h16,18H,4-15H2,1-3H3,(H,20,24). The first-order valence-corrected chi connectivity index (χ1v) is 9.89. The molecule has 5 heteroatoms. The Hall–Kier alpha value is -0.650. The summed E-state index contributed by atoms with van der Waals surface area (Å²) in [5.74, 6) is 0.841. The number of nitrogens with zero attached hydrogens (tertiary/aromatic N) is 3. The molecule has 5 nitrogen and oxygen atoms in total. The van der Waals surface area contributed by atoms with Crippen molar-refractivity contribution in [1.29, 1.82) is 0 Å². The second kappa shape index (κ2) is 7.71. The molecule has 2 saturated heterocycles. The summed E-state index contributed by atoms with van der Waals surface area (Å²) >= 11 is 0. The Balaban J connectivity index is 1.22. The highest BCUT2D eigenvalue weighted by molar-refractivity contribution is 5.72. The van der Waals surface area contributed by atoms with E-state index in [9.17, 15) is 4.79 Å². The van der Waals surface area contributed by atoms with E-state index >= 15 is 0 Å². The van der Waals surface area contributed by atoms with Gasteiger partial charge in [-0.1, -0.05) is 0 Å². The van der Waals surface area contributed by atoms with Gasteiger partial charge in [0.25, 0.3) is 0 Å². The number of hydrogen-bond donors (Lipinski definition) is 1. The van der Waals surface area contributed by atoms with Crippen LogP contribution < -0.4 is 5.32 Å². The molecule has 24 heavy (non-hydrogen) atoms. The molecule has 1 spiro atoms. The normalized spacial score (nSPS) is 25.7. The highest BCUT2D eigenvalue weighted by Crippen LogP contribution is 2.51. The molecule has 0 aromatic rings. The molecule has 0 unspecified atom stereocenters. The monoisotopic (exact) mass is 336 g/mol. The Morgan fingerprint density at radius 1 is 1.08 bits per heavy atom. The van der Waals surface area contributed by atoms with Crippen molar-refractivity contribution in [1.82, 2.24) is 20.0 Å². The molecule has 0 aromatic heterocycles. The van der Waals surface area contributed by atoms with E-state index < -0.39 is 0 Å². The summed E-state index contributed by atoms with van der Waals surface area (Å²) in [6, 6.07) is 0.696. The van der Waals surface area contributed by atoms with Crippen LogP contribution in [0.4, 0.5) is 0 Å². The van der Waals surface area contributed by atoms with Gasteiger partial charge in [0.05, 0.1) is 0 Å². The highest BCUT2D eigenvalue weighted by atomic mass is 16.1. The smallest absolute Gasteiger partial charge is 0.216 e. The summed E-state index contributed by atoms with van der Waals surface area (Å²) in [5.41, 5.74) is 0.617. The first kappa shape index (κ1) is 18.2. The molecule has 138 valence electrons. The van der Waals surface area contributed by atoms with Gasteiger partial charge in [0.15, 0.2) is 0 Å². The predicted octanol–water partition coefficient (Wildman–Crippen LogP) is 1.25. The molecule has 2 heterocycles. The lowest BCUT2D eigenvalue weighted by Crippen LogP contribution is -2.63. The van der Waals surface area contributed by atoms with Gasteiger partial charge in [-0.05, 0) is 57.5 Å². The quantitative estimate of drug-likeness (QED) is 0.759. The van der Waals surface area contributed by atoms with Gasteiger partial charge in [0.1, 0.15) is 0 Å². The van der Waals surface area contributed by atoms with E-state index in [1.54, 1.807) is 6.92 Å². The summed E-state index contributed by atoms with van der Waals surface area (Å²) in [6.07, 6.45) is 3.95. The van der Waals surface area contributed by atoms with Crippen molar-refractivity contribution in [3.63, 3.8) is 0 Å². The third kappa shape index (κ3) is 4.50.